The number of H-pyrrole nitrogens is 1. The topological polar surface area (TPSA) is 65.4 Å². The van der Waals surface area contributed by atoms with Gasteiger partial charge in [-0.05, 0) is 18.2 Å². The third-order valence-electron chi connectivity index (χ3n) is 3.42. The van der Waals surface area contributed by atoms with Crippen LogP contribution >= 0.6 is 11.3 Å². The molecule has 104 valence electrons. The number of aromatic nitrogens is 3. The first kappa shape index (κ1) is 12.7. The fourth-order valence-electron chi connectivity index (χ4n) is 2.36. The molecule has 0 unspecified atom stereocenters. The van der Waals surface area contributed by atoms with E-state index in [1.165, 1.54) is 11.3 Å². The number of aromatic amines is 1. The van der Waals surface area contributed by atoms with Crippen molar-refractivity contribution in [3.05, 3.63) is 59.5 Å². The van der Waals surface area contributed by atoms with Gasteiger partial charge in [0.25, 0.3) is 0 Å². The lowest BCUT2D eigenvalue weighted by atomic mass is 10.1. The highest BCUT2D eigenvalue weighted by Gasteiger charge is 2.12. The average Bonchev–Trinajstić information content (AvgIpc) is 3.21. The predicted octanol–water partition coefficient (Wildman–Crippen LogP) is 4.23. The fraction of sp³-hybridized carbons (Fsp3) is 0. The van der Waals surface area contributed by atoms with Crippen molar-refractivity contribution in [1.82, 2.24) is 15.0 Å². The van der Waals surface area contributed by atoms with E-state index in [1.54, 1.807) is 6.07 Å². The van der Waals surface area contributed by atoms with E-state index in [0.717, 1.165) is 33.1 Å². The first-order valence-corrected chi connectivity index (χ1v) is 7.63. The smallest absolute Gasteiger partial charge is 0.167 e. The molecule has 2 aromatic heterocycles. The molecule has 0 bridgehead atoms. The van der Waals surface area contributed by atoms with E-state index < -0.39 is 0 Å². The predicted molar refractivity (Wildman–Crippen MR) is 87.4 cm³/mol. The molecule has 2 aromatic carbocycles. The van der Waals surface area contributed by atoms with Gasteiger partial charge in [-0.3, -0.25) is 0 Å². The van der Waals surface area contributed by atoms with Crippen molar-refractivity contribution in [2.75, 3.05) is 0 Å². The average molecular weight is 302 g/mol. The number of para-hydroxylation sites is 2. The summed E-state index contributed by atoms with van der Waals surface area (Å²) in [5, 5.41) is 12.0. The van der Waals surface area contributed by atoms with Crippen LogP contribution in [0.1, 0.15) is 5.56 Å². The van der Waals surface area contributed by atoms with Crippen LogP contribution in [-0.4, -0.2) is 15.0 Å². The Morgan fingerprint density at radius 1 is 1.00 bits per heavy atom. The minimum absolute atomic E-state index is 0.629. The Kier molecular flexibility index (Phi) is 2.95. The van der Waals surface area contributed by atoms with Crippen molar-refractivity contribution >= 4 is 22.4 Å². The normalized spacial score (nSPS) is 10.7. The molecule has 0 saturated carbocycles. The van der Waals surface area contributed by atoms with Crippen molar-refractivity contribution < 1.29 is 0 Å². The SMILES string of the molecule is N#Cc1ccccc1-c1csc(-c2nc3ccccc3[nH]2)n1. The van der Waals surface area contributed by atoms with Gasteiger partial charge in [-0.25, -0.2) is 9.97 Å². The molecular weight excluding hydrogens is 292 g/mol. The molecule has 1 N–H and O–H groups in total. The van der Waals surface area contributed by atoms with Gasteiger partial charge in [-0.2, -0.15) is 5.26 Å². The van der Waals surface area contributed by atoms with E-state index in [0.29, 0.717) is 5.56 Å². The van der Waals surface area contributed by atoms with Gasteiger partial charge in [0.15, 0.2) is 10.8 Å². The number of nitrogens with zero attached hydrogens (tertiary/aromatic N) is 3. The zero-order valence-corrected chi connectivity index (χ0v) is 12.3. The fourth-order valence-corrected chi connectivity index (χ4v) is 3.13. The number of nitrogens with one attached hydrogen (secondary N) is 1. The summed E-state index contributed by atoms with van der Waals surface area (Å²) in [6.07, 6.45) is 0. The number of thiazole rings is 1. The van der Waals surface area contributed by atoms with E-state index in [4.69, 9.17) is 0 Å². The maximum Gasteiger partial charge on any atom is 0.167 e. The third-order valence-corrected chi connectivity index (χ3v) is 4.27. The van der Waals surface area contributed by atoms with Crippen LogP contribution in [0.3, 0.4) is 0 Å². The second-order valence-corrected chi connectivity index (χ2v) is 5.66. The minimum Gasteiger partial charge on any atom is -0.336 e. The van der Waals surface area contributed by atoms with Crippen LogP contribution in [0, 0.1) is 11.3 Å². The van der Waals surface area contributed by atoms with Crippen molar-refractivity contribution in [1.29, 1.82) is 5.26 Å². The minimum atomic E-state index is 0.629. The second-order valence-electron chi connectivity index (χ2n) is 4.80. The van der Waals surface area contributed by atoms with Gasteiger partial charge in [0, 0.05) is 10.9 Å². The van der Waals surface area contributed by atoms with Crippen molar-refractivity contribution in [2.24, 2.45) is 0 Å². The molecule has 2 heterocycles. The monoisotopic (exact) mass is 302 g/mol. The zero-order valence-electron chi connectivity index (χ0n) is 11.4. The van der Waals surface area contributed by atoms with E-state index in [9.17, 15) is 5.26 Å². The lowest BCUT2D eigenvalue weighted by molar-refractivity contribution is 1.29. The van der Waals surface area contributed by atoms with Crippen molar-refractivity contribution in [2.45, 2.75) is 0 Å². The maximum atomic E-state index is 9.21. The molecule has 4 aromatic rings. The largest absolute Gasteiger partial charge is 0.336 e. The van der Waals surface area contributed by atoms with Gasteiger partial charge < -0.3 is 4.98 Å². The first-order valence-electron chi connectivity index (χ1n) is 6.75. The number of hydrogen-bond acceptors (Lipinski definition) is 4. The summed E-state index contributed by atoms with van der Waals surface area (Å²) in [7, 11) is 0. The molecule has 0 atom stereocenters. The van der Waals surface area contributed by atoms with E-state index in [1.807, 2.05) is 47.8 Å². The molecule has 0 aliphatic rings. The number of rotatable bonds is 2. The summed E-state index contributed by atoms with van der Waals surface area (Å²) in [6.45, 7) is 0. The summed E-state index contributed by atoms with van der Waals surface area (Å²) in [4.78, 5) is 12.5. The number of imidazole rings is 1. The molecular formula is C17H10N4S. The zero-order chi connectivity index (χ0) is 14.9. The van der Waals surface area contributed by atoms with Gasteiger partial charge in [0.05, 0.1) is 28.4 Å². The van der Waals surface area contributed by atoms with Crippen LogP contribution in [0.25, 0.3) is 33.1 Å². The molecule has 5 heteroatoms. The Bertz CT molecular complexity index is 974. The molecule has 0 spiro atoms. The molecule has 0 amide bonds. The van der Waals surface area contributed by atoms with E-state index in [-0.39, 0.29) is 0 Å². The molecule has 0 radical (unpaired) electrons. The Hall–Kier alpha value is -2.97. The van der Waals surface area contributed by atoms with Gasteiger partial charge in [0.1, 0.15) is 0 Å². The molecule has 0 saturated heterocycles. The lowest BCUT2D eigenvalue weighted by Crippen LogP contribution is -1.85. The van der Waals surface area contributed by atoms with Crippen LogP contribution < -0.4 is 0 Å². The molecule has 0 fully saturated rings. The van der Waals surface area contributed by atoms with Gasteiger partial charge >= 0.3 is 0 Å². The number of fused-ring (bicyclic) bond motifs is 1. The van der Waals surface area contributed by atoms with Crippen LogP contribution in [-0.2, 0) is 0 Å². The van der Waals surface area contributed by atoms with Crippen molar-refractivity contribution in [3.8, 4) is 28.2 Å². The Morgan fingerprint density at radius 2 is 1.82 bits per heavy atom. The Labute approximate surface area is 130 Å². The standard InChI is InChI=1S/C17H10N4S/c18-9-11-5-1-2-6-12(11)15-10-22-17(21-15)16-19-13-7-3-4-8-14(13)20-16/h1-8,10H,(H,19,20). The maximum absolute atomic E-state index is 9.21. The highest BCUT2D eigenvalue weighted by molar-refractivity contribution is 7.13. The summed E-state index contributed by atoms with van der Waals surface area (Å²) >= 11 is 1.52. The van der Waals surface area contributed by atoms with Crippen LogP contribution in [0.15, 0.2) is 53.9 Å². The van der Waals surface area contributed by atoms with E-state index >= 15 is 0 Å². The van der Waals surface area contributed by atoms with Gasteiger partial charge in [-0.1, -0.05) is 30.3 Å². The molecule has 4 nitrogen and oxygen atoms in total. The van der Waals surface area contributed by atoms with Crippen LogP contribution in [0.5, 0.6) is 0 Å². The van der Waals surface area contributed by atoms with Gasteiger partial charge in [0.2, 0.25) is 0 Å². The molecule has 0 aliphatic heterocycles. The number of nitriles is 1. The molecule has 0 aliphatic carbocycles. The van der Waals surface area contributed by atoms with Crippen molar-refractivity contribution in [3.63, 3.8) is 0 Å². The lowest BCUT2D eigenvalue weighted by Gasteiger charge is -1.98. The Morgan fingerprint density at radius 3 is 2.68 bits per heavy atom. The summed E-state index contributed by atoms with van der Waals surface area (Å²) in [5.74, 6) is 0.756. The second kappa shape index (κ2) is 5.10. The first-order chi connectivity index (χ1) is 10.8. The summed E-state index contributed by atoms with van der Waals surface area (Å²) in [6, 6.07) is 17.6. The molecule has 22 heavy (non-hydrogen) atoms. The van der Waals surface area contributed by atoms with E-state index in [2.05, 4.69) is 21.0 Å². The quantitative estimate of drug-likeness (QED) is 0.602. The van der Waals surface area contributed by atoms with Crippen LogP contribution in [0.4, 0.5) is 0 Å². The summed E-state index contributed by atoms with van der Waals surface area (Å²) < 4.78 is 0. The Balaban J connectivity index is 1.80. The highest BCUT2D eigenvalue weighted by atomic mass is 32.1. The third kappa shape index (κ3) is 2.07. The molecule has 4 rings (SSSR count). The van der Waals surface area contributed by atoms with Gasteiger partial charge in [-0.15, -0.1) is 11.3 Å². The summed E-state index contributed by atoms with van der Waals surface area (Å²) in [5.41, 5.74) is 4.20. The number of hydrogen-bond donors (Lipinski definition) is 1. The van der Waals surface area contributed by atoms with Crippen LogP contribution in [0.2, 0.25) is 0 Å². The number of benzene rings is 2. The highest BCUT2D eigenvalue weighted by Crippen LogP contribution is 2.30.